The number of benzene rings is 2. The molecule has 2 N–H and O–H groups in total. The standard InChI is InChI=1S/C18H21NO2/c1-20-13-8-10-17(21-2)16(11-13)18(19)15-9-7-12-5-3-4-6-14(12)15/h3-6,8,10-11,15,18H,7,9,19H2,1-2H3. The SMILES string of the molecule is COc1ccc(OC)c(C(N)C2CCc3ccccc32)c1. The molecule has 0 bridgehead atoms. The van der Waals surface area contributed by atoms with Gasteiger partial charge in [0.2, 0.25) is 0 Å². The Morgan fingerprint density at radius 3 is 2.67 bits per heavy atom. The summed E-state index contributed by atoms with van der Waals surface area (Å²) >= 11 is 0. The Labute approximate surface area is 125 Å². The van der Waals surface area contributed by atoms with Gasteiger partial charge >= 0.3 is 0 Å². The van der Waals surface area contributed by atoms with Gasteiger partial charge in [0, 0.05) is 17.5 Å². The molecule has 2 aromatic carbocycles. The van der Waals surface area contributed by atoms with Crippen LogP contribution in [-0.2, 0) is 6.42 Å². The normalized spacial score (nSPS) is 18.1. The van der Waals surface area contributed by atoms with Crippen LogP contribution in [0.1, 0.15) is 35.1 Å². The number of nitrogens with two attached hydrogens (primary N) is 1. The van der Waals surface area contributed by atoms with Gasteiger partial charge in [-0.3, -0.25) is 0 Å². The Hall–Kier alpha value is -2.00. The predicted molar refractivity (Wildman–Crippen MR) is 84.0 cm³/mol. The van der Waals surface area contributed by atoms with E-state index in [1.807, 2.05) is 18.2 Å². The molecular formula is C18H21NO2. The first-order valence-electron chi connectivity index (χ1n) is 7.30. The molecule has 1 aliphatic rings. The van der Waals surface area contributed by atoms with Gasteiger partial charge in [-0.15, -0.1) is 0 Å². The highest BCUT2D eigenvalue weighted by atomic mass is 16.5. The number of aryl methyl sites for hydroxylation is 1. The molecule has 3 heteroatoms. The van der Waals surface area contributed by atoms with Crippen molar-refractivity contribution in [2.24, 2.45) is 5.73 Å². The van der Waals surface area contributed by atoms with Crippen molar-refractivity contribution in [2.75, 3.05) is 14.2 Å². The van der Waals surface area contributed by atoms with Crippen molar-refractivity contribution < 1.29 is 9.47 Å². The van der Waals surface area contributed by atoms with Crippen LogP contribution in [-0.4, -0.2) is 14.2 Å². The zero-order valence-corrected chi connectivity index (χ0v) is 12.5. The largest absolute Gasteiger partial charge is 0.497 e. The third-order valence-electron chi connectivity index (χ3n) is 4.41. The van der Waals surface area contributed by atoms with Crippen LogP contribution in [0.2, 0.25) is 0 Å². The maximum Gasteiger partial charge on any atom is 0.123 e. The number of methoxy groups -OCH3 is 2. The molecular weight excluding hydrogens is 262 g/mol. The summed E-state index contributed by atoms with van der Waals surface area (Å²) in [6.07, 6.45) is 2.18. The highest BCUT2D eigenvalue weighted by Crippen LogP contribution is 2.43. The van der Waals surface area contributed by atoms with Gasteiger partial charge in [0.15, 0.2) is 0 Å². The molecule has 110 valence electrons. The quantitative estimate of drug-likeness (QED) is 0.935. The number of hydrogen-bond acceptors (Lipinski definition) is 3. The summed E-state index contributed by atoms with van der Waals surface area (Å²) in [5, 5.41) is 0. The Balaban J connectivity index is 1.97. The van der Waals surface area contributed by atoms with Crippen molar-refractivity contribution in [3.8, 4) is 11.5 Å². The Morgan fingerprint density at radius 1 is 1.10 bits per heavy atom. The third-order valence-corrected chi connectivity index (χ3v) is 4.41. The monoisotopic (exact) mass is 283 g/mol. The Kier molecular flexibility index (Phi) is 3.84. The van der Waals surface area contributed by atoms with Gasteiger partial charge in [-0.25, -0.2) is 0 Å². The smallest absolute Gasteiger partial charge is 0.123 e. The van der Waals surface area contributed by atoms with Crippen molar-refractivity contribution in [3.63, 3.8) is 0 Å². The lowest BCUT2D eigenvalue weighted by atomic mass is 9.88. The van der Waals surface area contributed by atoms with Crippen LogP contribution in [0.5, 0.6) is 11.5 Å². The van der Waals surface area contributed by atoms with Crippen LogP contribution in [0.4, 0.5) is 0 Å². The second kappa shape index (κ2) is 5.78. The van der Waals surface area contributed by atoms with E-state index in [0.29, 0.717) is 5.92 Å². The van der Waals surface area contributed by atoms with Gasteiger partial charge in [-0.2, -0.15) is 0 Å². The molecule has 21 heavy (non-hydrogen) atoms. The molecule has 1 aliphatic carbocycles. The Morgan fingerprint density at radius 2 is 1.90 bits per heavy atom. The molecule has 0 heterocycles. The van der Waals surface area contributed by atoms with Crippen molar-refractivity contribution in [2.45, 2.75) is 24.8 Å². The van der Waals surface area contributed by atoms with E-state index in [4.69, 9.17) is 15.2 Å². The molecule has 2 atom stereocenters. The molecule has 3 nitrogen and oxygen atoms in total. The molecule has 0 aromatic heterocycles. The van der Waals surface area contributed by atoms with E-state index in [2.05, 4.69) is 24.3 Å². The number of fused-ring (bicyclic) bond motifs is 1. The van der Waals surface area contributed by atoms with E-state index in [-0.39, 0.29) is 6.04 Å². The summed E-state index contributed by atoms with van der Waals surface area (Å²) in [5.41, 5.74) is 10.4. The van der Waals surface area contributed by atoms with Crippen molar-refractivity contribution in [3.05, 3.63) is 59.2 Å². The van der Waals surface area contributed by atoms with Crippen LogP contribution in [0, 0.1) is 0 Å². The van der Waals surface area contributed by atoms with E-state index in [9.17, 15) is 0 Å². The predicted octanol–water partition coefficient (Wildman–Crippen LogP) is 3.43. The zero-order valence-electron chi connectivity index (χ0n) is 12.5. The molecule has 0 fully saturated rings. The first-order valence-corrected chi connectivity index (χ1v) is 7.30. The molecule has 0 spiro atoms. The van der Waals surface area contributed by atoms with E-state index < -0.39 is 0 Å². The van der Waals surface area contributed by atoms with Crippen LogP contribution in [0.3, 0.4) is 0 Å². The summed E-state index contributed by atoms with van der Waals surface area (Å²) in [4.78, 5) is 0. The van der Waals surface area contributed by atoms with Crippen LogP contribution in [0.15, 0.2) is 42.5 Å². The fourth-order valence-corrected chi connectivity index (χ4v) is 3.28. The molecule has 0 saturated carbocycles. The second-order valence-corrected chi connectivity index (χ2v) is 5.48. The van der Waals surface area contributed by atoms with E-state index in [0.717, 1.165) is 29.9 Å². The molecule has 0 saturated heterocycles. The van der Waals surface area contributed by atoms with Gasteiger partial charge < -0.3 is 15.2 Å². The minimum Gasteiger partial charge on any atom is -0.497 e. The summed E-state index contributed by atoms with van der Waals surface area (Å²) in [6, 6.07) is 14.3. The Bertz CT molecular complexity index is 639. The molecule has 2 aromatic rings. The molecule has 3 rings (SSSR count). The zero-order chi connectivity index (χ0) is 14.8. The fraction of sp³-hybridized carbons (Fsp3) is 0.333. The van der Waals surface area contributed by atoms with E-state index in [1.165, 1.54) is 11.1 Å². The average molecular weight is 283 g/mol. The van der Waals surface area contributed by atoms with Gasteiger partial charge in [-0.1, -0.05) is 24.3 Å². The van der Waals surface area contributed by atoms with Crippen LogP contribution >= 0.6 is 0 Å². The van der Waals surface area contributed by atoms with Crippen molar-refractivity contribution in [1.82, 2.24) is 0 Å². The minimum absolute atomic E-state index is 0.0845. The van der Waals surface area contributed by atoms with Gasteiger partial charge in [0.1, 0.15) is 11.5 Å². The summed E-state index contributed by atoms with van der Waals surface area (Å²) in [7, 11) is 3.35. The van der Waals surface area contributed by atoms with Gasteiger partial charge in [0.05, 0.1) is 14.2 Å². The maximum atomic E-state index is 6.58. The van der Waals surface area contributed by atoms with Crippen molar-refractivity contribution >= 4 is 0 Å². The maximum absolute atomic E-state index is 6.58. The fourth-order valence-electron chi connectivity index (χ4n) is 3.28. The third kappa shape index (κ3) is 2.49. The average Bonchev–Trinajstić information content (AvgIpc) is 2.97. The van der Waals surface area contributed by atoms with Crippen molar-refractivity contribution in [1.29, 1.82) is 0 Å². The molecule has 2 unspecified atom stereocenters. The summed E-state index contributed by atoms with van der Waals surface area (Å²) in [5.74, 6) is 1.97. The summed E-state index contributed by atoms with van der Waals surface area (Å²) in [6.45, 7) is 0. The number of rotatable bonds is 4. The lowest BCUT2D eigenvalue weighted by Crippen LogP contribution is -2.19. The lowest BCUT2D eigenvalue weighted by Gasteiger charge is -2.23. The van der Waals surface area contributed by atoms with Crippen LogP contribution < -0.4 is 15.2 Å². The number of hydrogen-bond donors (Lipinski definition) is 1. The van der Waals surface area contributed by atoms with Crippen LogP contribution in [0.25, 0.3) is 0 Å². The lowest BCUT2D eigenvalue weighted by molar-refractivity contribution is 0.390. The molecule has 0 aliphatic heterocycles. The topological polar surface area (TPSA) is 44.5 Å². The molecule has 0 radical (unpaired) electrons. The van der Waals surface area contributed by atoms with Gasteiger partial charge in [0.25, 0.3) is 0 Å². The second-order valence-electron chi connectivity index (χ2n) is 5.48. The van der Waals surface area contributed by atoms with Gasteiger partial charge in [-0.05, 0) is 42.2 Å². The number of ether oxygens (including phenoxy) is 2. The van der Waals surface area contributed by atoms with E-state index in [1.54, 1.807) is 14.2 Å². The van der Waals surface area contributed by atoms with E-state index >= 15 is 0 Å². The first-order chi connectivity index (χ1) is 10.2. The molecule has 0 amide bonds. The highest BCUT2D eigenvalue weighted by Gasteiger charge is 2.30. The first kappa shape index (κ1) is 14.0. The minimum atomic E-state index is -0.0845. The highest BCUT2D eigenvalue weighted by molar-refractivity contribution is 5.45. The summed E-state index contributed by atoms with van der Waals surface area (Å²) < 4.78 is 10.8.